The molecule has 0 bridgehead atoms. The number of nitrogens with one attached hydrogen (secondary N) is 1. The van der Waals surface area contributed by atoms with E-state index in [9.17, 15) is 19.7 Å². The topological polar surface area (TPSA) is 108 Å². The van der Waals surface area contributed by atoms with Crippen LogP contribution in [0.15, 0.2) is 114 Å². The van der Waals surface area contributed by atoms with Gasteiger partial charge in [0, 0.05) is 23.5 Å². The van der Waals surface area contributed by atoms with Gasteiger partial charge >= 0.3 is 11.9 Å². The first kappa shape index (κ1) is 27.1. The van der Waals surface area contributed by atoms with Gasteiger partial charge in [0.2, 0.25) is 0 Å². The van der Waals surface area contributed by atoms with Crippen molar-refractivity contribution in [1.82, 2.24) is 5.32 Å². The predicted molar refractivity (Wildman–Crippen MR) is 147 cm³/mol. The van der Waals surface area contributed by atoms with Gasteiger partial charge in [-0.2, -0.15) is 0 Å². The normalized spacial score (nSPS) is 16.0. The number of non-ortho nitro benzene ring substituents is 1. The number of methoxy groups -OCH3 is 1. The second-order valence-electron chi connectivity index (χ2n) is 8.99. The van der Waals surface area contributed by atoms with E-state index in [0.29, 0.717) is 17.0 Å². The summed E-state index contributed by atoms with van der Waals surface area (Å²) in [5, 5.41) is 14.6. The molecule has 2 unspecified atom stereocenters. The second-order valence-corrected chi connectivity index (χ2v) is 8.99. The van der Waals surface area contributed by atoms with Crippen molar-refractivity contribution < 1.29 is 24.0 Å². The van der Waals surface area contributed by atoms with Crippen molar-refractivity contribution in [3.05, 3.63) is 140 Å². The van der Waals surface area contributed by atoms with Crippen molar-refractivity contribution in [2.75, 3.05) is 7.11 Å². The van der Waals surface area contributed by atoms with Crippen LogP contribution in [0.3, 0.4) is 0 Å². The molecule has 0 saturated carbocycles. The fourth-order valence-corrected chi connectivity index (χ4v) is 4.60. The average Bonchev–Trinajstić information content (AvgIpc) is 2.95. The van der Waals surface area contributed by atoms with E-state index in [0.717, 1.165) is 11.1 Å². The number of allylic oxidation sites excluding steroid dienone is 2. The second kappa shape index (κ2) is 12.0. The third-order valence-corrected chi connectivity index (χ3v) is 6.43. The van der Waals surface area contributed by atoms with Crippen LogP contribution in [-0.2, 0) is 19.1 Å². The Labute approximate surface area is 226 Å². The number of hydrogen-bond donors (Lipinski definition) is 1. The number of dihydropyridines is 1. The lowest BCUT2D eigenvalue weighted by atomic mass is 9.80. The highest BCUT2D eigenvalue weighted by molar-refractivity contribution is 6.00. The first-order valence-electron chi connectivity index (χ1n) is 12.3. The lowest BCUT2D eigenvalue weighted by Gasteiger charge is -2.31. The molecule has 0 saturated heterocycles. The van der Waals surface area contributed by atoms with Gasteiger partial charge in [-0.05, 0) is 36.6 Å². The number of carbonyl (C=O) groups excluding carboxylic acids is 2. The fourth-order valence-electron chi connectivity index (χ4n) is 4.60. The van der Waals surface area contributed by atoms with Gasteiger partial charge in [0.15, 0.2) is 0 Å². The summed E-state index contributed by atoms with van der Waals surface area (Å²) in [4.78, 5) is 37.8. The predicted octanol–water partition coefficient (Wildman–Crippen LogP) is 6.00. The minimum absolute atomic E-state index is 0.161. The highest BCUT2D eigenvalue weighted by Gasteiger charge is 2.39. The zero-order chi connectivity index (χ0) is 27.9. The van der Waals surface area contributed by atoms with Crippen LogP contribution >= 0.6 is 0 Å². The molecule has 0 spiro atoms. The van der Waals surface area contributed by atoms with Crippen LogP contribution < -0.4 is 5.32 Å². The molecule has 198 valence electrons. The molecule has 3 aromatic carbocycles. The number of nitro groups is 1. The number of rotatable bonds is 8. The van der Waals surface area contributed by atoms with E-state index in [-0.39, 0.29) is 16.8 Å². The molecule has 8 heteroatoms. The minimum Gasteiger partial charge on any atom is -0.466 e. The largest absolute Gasteiger partial charge is 0.466 e. The molecule has 1 N–H and O–H groups in total. The summed E-state index contributed by atoms with van der Waals surface area (Å²) in [6.07, 6.45) is 2.92. The van der Waals surface area contributed by atoms with Gasteiger partial charge in [0.1, 0.15) is 6.10 Å². The molecular formula is C31H28N2O6. The Balaban J connectivity index is 1.77. The SMILES string of the molecule is COC(=O)C1=C(C)NC(C)=C(C(=O)OC(/C=C/c2ccccc2)c2ccccc2)C1c1cccc([N+](=O)[O-])c1. The number of esters is 2. The van der Waals surface area contributed by atoms with Crippen LogP contribution in [0.4, 0.5) is 5.69 Å². The summed E-state index contributed by atoms with van der Waals surface area (Å²) in [5.74, 6) is -2.27. The van der Waals surface area contributed by atoms with Crippen molar-refractivity contribution in [3.63, 3.8) is 0 Å². The van der Waals surface area contributed by atoms with E-state index < -0.39 is 28.9 Å². The third kappa shape index (κ3) is 6.13. The monoisotopic (exact) mass is 524 g/mol. The number of carbonyl (C=O) groups is 2. The van der Waals surface area contributed by atoms with E-state index in [1.54, 1.807) is 26.0 Å². The smallest absolute Gasteiger partial charge is 0.337 e. The van der Waals surface area contributed by atoms with Gasteiger partial charge in [-0.25, -0.2) is 9.59 Å². The molecule has 0 aliphatic carbocycles. The summed E-state index contributed by atoms with van der Waals surface area (Å²) >= 11 is 0. The van der Waals surface area contributed by atoms with Crippen molar-refractivity contribution in [3.8, 4) is 0 Å². The average molecular weight is 525 g/mol. The van der Waals surface area contributed by atoms with Gasteiger partial charge in [0.25, 0.3) is 5.69 Å². The number of benzene rings is 3. The van der Waals surface area contributed by atoms with Crippen molar-refractivity contribution in [1.29, 1.82) is 0 Å². The Morgan fingerprint density at radius 3 is 2.13 bits per heavy atom. The first-order chi connectivity index (χ1) is 18.8. The number of nitrogens with zero attached hydrogens (tertiary/aromatic N) is 1. The Morgan fingerprint density at radius 1 is 0.897 bits per heavy atom. The van der Waals surface area contributed by atoms with Crippen LogP contribution in [0.1, 0.15) is 42.6 Å². The summed E-state index contributed by atoms with van der Waals surface area (Å²) in [5.41, 5.74) is 3.22. The molecule has 8 nitrogen and oxygen atoms in total. The molecule has 3 aromatic rings. The molecule has 39 heavy (non-hydrogen) atoms. The summed E-state index contributed by atoms with van der Waals surface area (Å²) in [6, 6.07) is 24.8. The van der Waals surface area contributed by atoms with E-state index in [4.69, 9.17) is 9.47 Å². The molecule has 1 heterocycles. The van der Waals surface area contributed by atoms with Crippen LogP contribution in [0.2, 0.25) is 0 Å². The molecule has 0 radical (unpaired) electrons. The maximum atomic E-state index is 13.9. The number of ether oxygens (including phenoxy) is 2. The Hall–Kier alpha value is -4.98. The molecule has 0 fully saturated rings. The highest BCUT2D eigenvalue weighted by Crippen LogP contribution is 2.41. The van der Waals surface area contributed by atoms with Gasteiger partial charge in [-0.15, -0.1) is 0 Å². The van der Waals surface area contributed by atoms with E-state index in [2.05, 4.69) is 5.32 Å². The Morgan fingerprint density at radius 2 is 1.51 bits per heavy atom. The van der Waals surface area contributed by atoms with Crippen molar-refractivity contribution in [2.24, 2.45) is 0 Å². The van der Waals surface area contributed by atoms with Gasteiger partial charge in [-0.1, -0.05) is 78.9 Å². The molecular weight excluding hydrogens is 496 g/mol. The van der Waals surface area contributed by atoms with Gasteiger partial charge in [-0.3, -0.25) is 10.1 Å². The van der Waals surface area contributed by atoms with Crippen molar-refractivity contribution in [2.45, 2.75) is 25.9 Å². The van der Waals surface area contributed by atoms with Gasteiger partial charge in [0.05, 0.1) is 29.1 Å². The van der Waals surface area contributed by atoms with Crippen molar-refractivity contribution >= 4 is 23.7 Å². The van der Waals surface area contributed by atoms with Crippen LogP contribution in [-0.4, -0.2) is 24.0 Å². The van der Waals surface area contributed by atoms with Crippen LogP contribution in [0.25, 0.3) is 6.08 Å². The van der Waals surface area contributed by atoms with E-state index in [1.807, 2.05) is 66.7 Å². The molecule has 1 aliphatic rings. The van der Waals surface area contributed by atoms with Crippen LogP contribution in [0, 0.1) is 10.1 Å². The summed E-state index contributed by atoms with van der Waals surface area (Å²) in [6.45, 7) is 3.40. The molecule has 0 aromatic heterocycles. The van der Waals surface area contributed by atoms with Crippen LogP contribution in [0.5, 0.6) is 0 Å². The van der Waals surface area contributed by atoms with Gasteiger partial charge < -0.3 is 14.8 Å². The maximum Gasteiger partial charge on any atom is 0.337 e. The molecule has 2 atom stereocenters. The maximum absolute atomic E-state index is 13.9. The highest BCUT2D eigenvalue weighted by atomic mass is 16.6. The standard InChI is InChI=1S/C31H28N2O6/c1-20-27(30(34)38-3)29(24-15-10-16-25(19-24)33(36)37)28(21(2)32-20)31(35)39-26(23-13-8-5-9-14-23)18-17-22-11-6-4-7-12-22/h4-19,26,29,32H,1-3H3/b18-17+. The third-order valence-electron chi connectivity index (χ3n) is 6.43. The first-order valence-corrected chi connectivity index (χ1v) is 12.3. The zero-order valence-corrected chi connectivity index (χ0v) is 21.8. The van der Waals surface area contributed by atoms with E-state index >= 15 is 0 Å². The quantitative estimate of drug-likeness (QED) is 0.219. The summed E-state index contributed by atoms with van der Waals surface area (Å²) < 4.78 is 11.1. The lowest BCUT2D eigenvalue weighted by molar-refractivity contribution is -0.384. The Kier molecular flexibility index (Phi) is 8.36. The number of nitro benzene ring substituents is 1. The molecule has 4 rings (SSSR count). The lowest BCUT2D eigenvalue weighted by Crippen LogP contribution is -2.32. The number of hydrogen-bond acceptors (Lipinski definition) is 7. The Bertz CT molecular complexity index is 1480. The molecule has 1 aliphatic heterocycles. The molecule has 0 amide bonds. The summed E-state index contributed by atoms with van der Waals surface area (Å²) in [7, 11) is 1.25. The minimum atomic E-state index is -0.944. The fraction of sp³-hybridized carbons (Fsp3) is 0.161. The van der Waals surface area contributed by atoms with E-state index in [1.165, 1.54) is 25.3 Å². The zero-order valence-electron chi connectivity index (χ0n) is 21.8.